The summed E-state index contributed by atoms with van der Waals surface area (Å²) in [6.45, 7) is 3.86. The molecule has 0 fully saturated rings. The highest BCUT2D eigenvalue weighted by Gasteiger charge is 2.14. The predicted molar refractivity (Wildman–Crippen MR) is 103 cm³/mol. The Bertz CT molecular complexity index is 1150. The number of benzene rings is 2. The van der Waals surface area contributed by atoms with Gasteiger partial charge in [0.25, 0.3) is 5.91 Å². The highest BCUT2D eigenvalue weighted by molar-refractivity contribution is 6.04. The molecule has 0 spiro atoms. The molecule has 2 aromatic heterocycles. The summed E-state index contributed by atoms with van der Waals surface area (Å²) in [6, 6.07) is 17.0. The molecule has 5 nitrogen and oxygen atoms in total. The van der Waals surface area contributed by atoms with Gasteiger partial charge in [-0.05, 0) is 55.8 Å². The summed E-state index contributed by atoms with van der Waals surface area (Å²) in [5.41, 5.74) is 3.04. The Morgan fingerprint density at radius 1 is 1.04 bits per heavy atom. The quantitative estimate of drug-likeness (QED) is 0.588. The molecule has 6 heteroatoms. The molecule has 27 heavy (non-hydrogen) atoms. The summed E-state index contributed by atoms with van der Waals surface area (Å²) >= 11 is 0. The minimum absolute atomic E-state index is 0.339. The third-order valence-electron chi connectivity index (χ3n) is 4.31. The summed E-state index contributed by atoms with van der Waals surface area (Å²) in [5.74, 6) is 0.398. The molecule has 0 radical (unpaired) electrons. The van der Waals surface area contributed by atoms with Crippen LogP contribution in [0.1, 0.15) is 21.6 Å². The van der Waals surface area contributed by atoms with Crippen molar-refractivity contribution in [2.45, 2.75) is 13.8 Å². The van der Waals surface area contributed by atoms with Crippen molar-refractivity contribution in [1.82, 2.24) is 14.8 Å². The van der Waals surface area contributed by atoms with Crippen molar-refractivity contribution >= 4 is 22.6 Å². The molecule has 1 N–H and O–H groups in total. The van der Waals surface area contributed by atoms with Crippen LogP contribution < -0.4 is 5.32 Å². The Labute approximate surface area is 155 Å². The monoisotopic (exact) mass is 360 g/mol. The van der Waals surface area contributed by atoms with Crippen LogP contribution in [0.2, 0.25) is 0 Å². The van der Waals surface area contributed by atoms with E-state index in [9.17, 15) is 9.18 Å². The largest absolute Gasteiger partial charge is 0.306 e. The Morgan fingerprint density at radius 3 is 2.56 bits per heavy atom. The maximum Gasteiger partial charge on any atom is 0.256 e. The van der Waals surface area contributed by atoms with Crippen LogP contribution in [-0.4, -0.2) is 20.7 Å². The number of halogens is 1. The number of rotatable bonds is 3. The highest BCUT2D eigenvalue weighted by atomic mass is 19.1. The summed E-state index contributed by atoms with van der Waals surface area (Å²) in [7, 11) is 0. The smallest absolute Gasteiger partial charge is 0.256 e. The fourth-order valence-electron chi connectivity index (χ4n) is 2.99. The number of aryl methyl sites for hydroxylation is 2. The SMILES string of the molecule is Cc1cc(NC(=O)c2ccc(F)cc2)n(-c2cc(C)c3ccccc3n2)n1. The second-order valence-corrected chi connectivity index (χ2v) is 6.36. The van der Waals surface area contributed by atoms with Gasteiger partial charge in [0.15, 0.2) is 5.82 Å². The van der Waals surface area contributed by atoms with Gasteiger partial charge in [-0.1, -0.05) is 18.2 Å². The van der Waals surface area contributed by atoms with Crippen molar-refractivity contribution in [2.24, 2.45) is 0 Å². The molecule has 4 rings (SSSR count). The van der Waals surface area contributed by atoms with Gasteiger partial charge in [-0.15, -0.1) is 0 Å². The van der Waals surface area contributed by atoms with Crippen molar-refractivity contribution in [3.63, 3.8) is 0 Å². The van der Waals surface area contributed by atoms with E-state index in [1.165, 1.54) is 24.3 Å². The zero-order valence-electron chi connectivity index (χ0n) is 14.9. The fourth-order valence-corrected chi connectivity index (χ4v) is 2.99. The van der Waals surface area contributed by atoms with E-state index in [0.717, 1.165) is 22.2 Å². The normalized spacial score (nSPS) is 10.9. The van der Waals surface area contributed by atoms with Crippen molar-refractivity contribution < 1.29 is 9.18 Å². The molecule has 0 saturated carbocycles. The van der Waals surface area contributed by atoms with Crippen molar-refractivity contribution in [2.75, 3.05) is 5.32 Å². The Hall–Kier alpha value is -3.54. The lowest BCUT2D eigenvalue weighted by atomic mass is 10.1. The Balaban J connectivity index is 1.73. The number of nitrogens with one attached hydrogen (secondary N) is 1. The van der Waals surface area contributed by atoms with Crippen LogP contribution in [0.3, 0.4) is 0 Å². The number of carbonyl (C=O) groups is 1. The van der Waals surface area contributed by atoms with E-state index in [-0.39, 0.29) is 11.7 Å². The average Bonchev–Trinajstić information content (AvgIpc) is 3.02. The van der Waals surface area contributed by atoms with Gasteiger partial charge in [0.05, 0.1) is 11.2 Å². The molecule has 0 aliphatic heterocycles. The number of hydrogen-bond donors (Lipinski definition) is 1. The van der Waals surface area contributed by atoms with Crippen LogP contribution in [0.5, 0.6) is 0 Å². The van der Waals surface area contributed by atoms with Gasteiger partial charge in [0.1, 0.15) is 11.6 Å². The van der Waals surface area contributed by atoms with Crippen molar-refractivity contribution in [3.8, 4) is 5.82 Å². The van der Waals surface area contributed by atoms with Gasteiger partial charge in [-0.3, -0.25) is 4.79 Å². The minimum atomic E-state index is -0.386. The van der Waals surface area contributed by atoms with Crippen molar-refractivity contribution in [1.29, 1.82) is 0 Å². The molecular weight excluding hydrogens is 343 g/mol. The van der Waals surface area contributed by atoms with E-state index >= 15 is 0 Å². The van der Waals surface area contributed by atoms with Gasteiger partial charge in [0, 0.05) is 17.0 Å². The second kappa shape index (κ2) is 6.64. The first-order chi connectivity index (χ1) is 13.0. The van der Waals surface area contributed by atoms with E-state index in [0.29, 0.717) is 17.2 Å². The molecule has 1 amide bonds. The average molecular weight is 360 g/mol. The first kappa shape index (κ1) is 16.9. The van der Waals surface area contributed by atoms with E-state index in [1.807, 2.05) is 44.2 Å². The zero-order valence-corrected chi connectivity index (χ0v) is 14.9. The zero-order chi connectivity index (χ0) is 19.0. The summed E-state index contributed by atoms with van der Waals surface area (Å²) in [6.07, 6.45) is 0. The van der Waals surface area contributed by atoms with Crippen LogP contribution in [0.25, 0.3) is 16.7 Å². The summed E-state index contributed by atoms with van der Waals surface area (Å²) in [5, 5.41) is 8.37. The molecule has 134 valence electrons. The molecule has 0 aliphatic carbocycles. The van der Waals surface area contributed by atoms with Gasteiger partial charge < -0.3 is 5.32 Å². The van der Waals surface area contributed by atoms with Crippen LogP contribution >= 0.6 is 0 Å². The number of hydrogen-bond acceptors (Lipinski definition) is 3. The molecule has 0 unspecified atom stereocenters. The van der Waals surface area contributed by atoms with Crippen LogP contribution in [0.4, 0.5) is 10.2 Å². The molecule has 2 aromatic carbocycles. The van der Waals surface area contributed by atoms with Crippen LogP contribution in [0, 0.1) is 19.7 Å². The highest BCUT2D eigenvalue weighted by Crippen LogP contribution is 2.22. The third-order valence-corrected chi connectivity index (χ3v) is 4.31. The molecule has 0 saturated heterocycles. The fraction of sp³-hybridized carbons (Fsp3) is 0.0952. The molecule has 0 bridgehead atoms. The first-order valence-corrected chi connectivity index (χ1v) is 8.51. The first-order valence-electron chi connectivity index (χ1n) is 8.51. The topological polar surface area (TPSA) is 59.8 Å². The number of pyridine rings is 1. The van der Waals surface area contributed by atoms with E-state index in [1.54, 1.807) is 10.7 Å². The number of anilines is 1. The number of para-hydroxylation sites is 1. The van der Waals surface area contributed by atoms with Gasteiger partial charge in [-0.2, -0.15) is 9.78 Å². The number of nitrogens with zero attached hydrogens (tertiary/aromatic N) is 3. The van der Waals surface area contributed by atoms with Gasteiger partial charge in [-0.25, -0.2) is 9.37 Å². The number of aromatic nitrogens is 3. The number of amides is 1. The maximum absolute atomic E-state index is 13.1. The third kappa shape index (κ3) is 3.29. The predicted octanol–water partition coefficient (Wildman–Crippen LogP) is 4.43. The lowest BCUT2D eigenvalue weighted by Gasteiger charge is -2.10. The van der Waals surface area contributed by atoms with E-state index < -0.39 is 0 Å². The maximum atomic E-state index is 13.1. The number of fused-ring (bicyclic) bond motifs is 1. The van der Waals surface area contributed by atoms with E-state index in [2.05, 4.69) is 15.4 Å². The molecule has 4 aromatic rings. The van der Waals surface area contributed by atoms with Crippen LogP contribution in [0.15, 0.2) is 60.7 Å². The van der Waals surface area contributed by atoms with Gasteiger partial charge in [0.2, 0.25) is 0 Å². The van der Waals surface area contributed by atoms with Crippen molar-refractivity contribution in [3.05, 3.63) is 83.3 Å². The lowest BCUT2D eigenvalue weighted by Crippen LogP contribution is -2.15. The van der Waals surface area contributed by atoms with Crippen LogP contribution in [-0.2, 0) is 0 Å². The molecule has 2 heterocycles. The second-order valence-electron chi connectivity index (χ2n) is 6.36. The molecule has 0 atom stereocenters. The molecular formula is C21H17FN4O. The lowest BCUT2D eigenvalue weighted by molar-refractivity contribution is 0.102. The molecule has 0 aliphatic rings. The summed E-state index contributed by atoms with van der Waals surface area (Å²) < 4.78 is 14.7. The standard InChI is InChI=1S/C21H17FN4O/c1-13-11-19(23-18-6-4-3-5-17(13)18)26-20(12-14(2)25-26)24-21(27)15-7-9-16(22)10-8-15/h3-12H,1-2H3,(H,24,27). The Morgan fingerprint density at radius 2 is 1.78 bits per heavy atom. The minimum Gasteiger partial charge on any atom is -0.306 e. The van der Waals surface area contributed by atoms with E-state index in [4.69, 9.17) is 0 Å². The van der Waals surface area contributed by atoms with Gasteiger partial charge >= 0.3 is 0 Å². The Kier molecular flexibility index (Phi) is 4.16. The summed E-state index contributed by atoms with van der Waals surface area (Å²) in [4.78, 5) is 17.2. The number of carbonyl (C=O) groups excluding carboxylic acids is 1.